The zero-order chi connectivity index (χ0) is 19.6. The van der Waals surface area contributed by atoms with Crippen LogP contribution in [0.5, 0.6) is 0 Å². The predicted octanol–water partition coefficient (Wildman–Crippen LogP) is 2.47. The lowest BCUT2D eigenvalue weighted by molar-refractivity contribution is -0.140. The number of aromatic nitrogens is 3. The summed E-state index contributed by atoms with van der Waals surface area (Å²) >= 11 is 5.92. The third-order valence-corrected chi connectivity index (χ3v) is 5.08. The van der Waals surface area contributed by atoms with Gasteiger partial charge >= 0.3 is 5.97 Å². The molecule has 1 amide bonds. The van der Waals surface area contributed by atoms with Gasteiger partial charge in [0.2, 0.25) is 5.95 Å². The van der Waals surface area contributed by atoms with E-state index >= 15 is 0 Å². The highest BCUT2D eigenvalue weighted by atomic mass is 35.5. The number of likely N-dealkylation sites (N-methyl/N-ethyl adjacent to an activating group) is 1. The number of rotatable bonds is 6. The lowest BCUT2D eigenvalue weighted by Gasteiger charge is -2.34. The van der Waals surface area contributed by atoms with Gasteiger partial charge in [0.15, 0.2) is 0 Å². The second-order valence-electron chi connectivity index (χ2n) is 6.44. The van der Waals surface area contributed by atoms with Gasteiger partial charge in [0.05, 0.1) is 6.54 Å². The molecule has 2 unspecified atom stereocenters. The molecule has 0 spiro atoms. The number of benzene rings is 1. The molecule has 0 bridgehead atoms. The van der Waals surface area contributed by atoms with E-state index in [1.807, 2.05) is 13.8 Å². The van der Waals surface area contributed by atoms with Gasteiger partial charge in [-0.05, 0) is 37.7 Å². The molecule has 2 heterocycles. The maximum atomic E-state index is 12.4. The fraction of sp³-hybridized carbons (Fsp3) is 0.444. The van der Waals surface area contributed by atoms with Crippen LogP contribution >= 0.6 is 11.6 Å². The van der Waals surface area contributed by atoms with Crippen molar-refractivity contribution in [2.24, 2.45) is 0 Å². The molecule has 8 nitrogen and oxygen atoms in total. The Morgan fingerprint density at radius 2 is 2.11 bits per heavy atom. The molecule has 0 aliphatic carbocycles. The van der Waals surface area contributed by atoms with E-state index in [0.717, 1.165) is 13.1 Å². The highest BCUT2D eigenvalue weighted by Gasteiger charge is 2.36. The van der Waals surface area contributed by atoms with Crippen LogP contribution in [-0.4, -0.2) is 55.8 Å². The topological polar surface area (TPSA) is 100 Å². The fourth-order valence-electron chi connectivity index (χ4n) is 3.47. The summed E-state index contributed by atoms with van der Waals surface area (Å²) in [5.41, 5.74) is 0.381. The van der Waals surface area contributed by atoms with Crippen molar-refractivity contribution in [2.45, 2.75) is 38.8 Å². The predicted molar refractivity (Wildman–Crippen MR) is 101 cm³/mol. The van der Waals surface area contributed by atoms with E-state index in [1.54, 1.807) is 28.9 Å². The zero-order valence-corrected chi connectivity index (χ0v) is 16.0. The van der Waals surface area contributed by atoms with Gasteiger partial charge in [-0.2, -0.15) is 4.98 Å². The first kappa shape index (κ1) is 19.3. The third-order valence-electron chi connectivity index (χ3n) is 4.84. The minimum atomic E-state index is -0.937. The smallest absolute Gasteiger partial charge is 0.314 e. The molecule has 1 aromatic carbocycles. The Balaban J connectivity index is 1.84. The number of aliphatic carboxylic acids is 1. The summed E-state index contributed by atoms with van der Waals surface area (Å²) in [5.74, 6) is -1.62. The van der Waals surface area contributed by atoms with Gasteiger partial charge in [-0.15, -0.1) is 5.10 Å². The van der Waals surface area contributed by atoms with E-state index in [0.29, 0.717) is 29.4 Å². The SMILES string of the molecule is CCN(CC)C1CC(C(=O)O)c2nc(NC(=O)c3cccc(Cl)c3)nn2C1. The van der Waals surface area contributed by atoms with Crippen molar-refractivity contribution >= 4 is 29.4 Å². The van der Waals surface area contributed by atoms with E-state index < -0.39 is 17.8 Å². The second kappa shape index (κ2) is 8.06. The Hall–Kier alpha value is -2.45. The van der Waals surface area contributed by atoms with Crippen LogP contribution in [0.3, 0.4) is 0 Å². The average Bonchev–Trinajstić information content (AvgIpc) is 3.04. The number of carbonyl (C=O) groups is 2. The van der Waals surface area contributed by atoms with E-state index in [2.05, 4.69) is 20.3 Å². The zero-order valence-electron chi connectivity index (χ0n) is 15.2. The number of halogens is 1. The standard InChI is InChI=1S/C18H22ClN5O3/c1-3-23(4-2)13-9-14(17(26)27)15-20-18(22-24(15)10-13)21-16(25)11-6-5-7-12(19)8-11/h5-8,13-14H,3-4,9-10H2,1-2H3,(H,26,27)(H,21,22,25). The summed E-state index contributed by atoms with van der Waals surface area (Å²) in [6, 6.07) is 6.60. The van der Waals surface area contributed by atoms with Gasteiger partial charge in [-0.25, -0.2) is 4.68 Å². The monoisotopic (exact) mass is 391 g/mol. The summed E-state index contributed by atoms with van der Waals surface area (Å²) in [6.07, 6.45) is 0.470. The normalized spacial score (nSPS) is 19.0. The third kappa shape index (κ3) is 4.12. The number of hydrogen-bond acceptors (Lipinski definition) is 5. The first-order valence-electron chi connectivity index (χ1n) is 8.91. The van der Waals surface area contributed by atoms with Crippen LogP contribution in [0.4, 0.5) is 5.95 Å². The quantitative estimate of drug-likeness (QED) is 0.784. The molecule has 27 heavy (non-hydrogen) atoms. The summed E-state index contributed by atoms with van der Waals surface area (Å²) in [6.45, 7) is 6.30. The molecule has 0 saturated carbocycles. The van der Waals surface area contributed by atoms with Gasteiger partial charge in [0, 0.05) is 16.6 Å². The van der Waals surface area contributed by atoms with E-state index in [9.17, 15) is 14.7 Å². The van der Waals surface area contributed by atoms with Crippen molar-refractivity contribution in [2.75, 3.05) is 18.4 Å². The van der Waals surface area contributed by atoms with Gasteiger partial charge in [-0.1, -0.05) is 31.5 Å². The Kier molecular flexibility index (Phi) is 5.76. The number of hydrogen-bond donors (Lipinski definition) is 2. The highest BCUT2D eigenvalue weighted by molar-refractivity contribution is 6.31. The number of nitrogens with zero attached hydrogens (tertiary/aromatic N) is 4. The van der Waals surface area contributed by atoms with Crippen molar-refractivity contribution < 1.29 is 14.7 Å². The molecular weight excluding hydrogens is 370 g/mol. The number of carboxylic acids is 1. The highest BCUT2D eigenvalue weighted by Crippen LogP contribution is 2.29. The summed E-state index contributed by atoms with van der Waals surface area (Å²) in [4.78, 5) is 30.6. The molecule has 1 aromatic heterocycles. The minimum absolute atomic E-state index is 0.0618. The van der Waals surface area contributed by atoms with E-state index in [-0.39, 0.29) is 12.0 Å². The van der Waals surface area contributed by atoms with Crippen LogP contribution in [0.25, 0.3) is 0 Å². The fourth-order valence-corrected chi connectivity index (χ4v) is 3.66. The molecule has 2 aromatic rings. The first-order chi connectivity index (χ1) is 12.9. The summed E-state index contributed by atoms with van der Waals surface area (Å²) in [7, 11) is 0. The maximum absolute atomic E-state index is 12.4. The lowest BCUT2D eigenvalue weighted by Crippen LogP contribution is -2.44. The molecule has 0 fully saturated rings. The van der Waals surface area contributed by atoms with Crippen molar-refractivity contribution in [3.8, 4) is 0 Å². The molecule has 0 radical (unpaired) electrons. The number of carboxylic acid groups (broad SMARTS) is 1. The number of anilines is 1. The molecule has 2 N–H and O–H groups in total. The van der Waals surface area contributed by atoms with Crippen LogP contribution in [0.2, 0.25) is 5.02 Å². The molecule has 144 valence electrons. The Bertz CT molecular complexity index is 849. The molecule has 0 saturated heterocycles. The minimum Gasteiger partial charge on any atom is -0.481 e. The molecule has 3 rings (SSSR count). The van der Waals surface area contributed by atoms with Gasteiger partial charge in [0.1, 0.15) is 11.7 Å². The van der Waals surface area contributed by atoms with Crippen molar-refractivity contribution in [1.82, 2.24) is 19.7 Å². The van der Waals surface area contributed by atoms with Crippen molar-refractivity contribution in [3.63, 3.8) is 0 Å². The largest absolute Gasteiger partial charge is 0.481 e. The summed E-state index contributed by atoms with van der Waals surface area (Å²) < 4.78 is 1.60. The Morgan fingerprint density at radius 1 is 1.37 bits per heavy atom. The number of amides is 1. The molecule has 9 heteroatoms. The average molecular weight is 392 g/mol. The van der Waals surface area contributed by atoms with Gasteiger partial charge < -0.3 is 5.11 Å². The number of nitrogens with one attached hydrogen (secondary N) is 1. The second-order valence-corrected chi connectivity index (χ2v) is 6.88. The van der Waals surface area contributed by atoms with Crippen LogP contribution in [0, 0.1) is 0 Å². The van der Waals surface area contributed by atoms with Gasteiger partial charge in [0.25, 0.3) is 5.91 Å². The van der Waals surface area contributed by atoms with Crippen LogP contribution in [-0.2, 0) is 11.3 Å². The summed E-state index contributed by atoms with van der Waals surface area (Å²) in [5, 5.41) is 17.0. The maximum Gasteiger partial charge on any atom is 0.314 e. The molecule has 1 aliphatic rings. The molecule has 1 aliphatic heterocycles. The van der Waals surface area contributed by atoms with Gasteiger partial charge in [-0.3, -0.25) is 19.8 Å². The number of fused-ring (bicyclic) bond motifs is 1. The molecular formula is C18H22ClN5O3. The van der Waals surface area contributed by atoms with Crippen molar-refractivity contribution in [1.29, 1.82) is 0 Å². The van der Waals surface area contributed by atoms with E-state index in [4.69, 9.17) is 11.6 Å². The Labute approximate surface area is 162 Å². The van der Waals surface area contributed by atoms with Crippen LogP contribution in [0.15, 0.2) is 24.3 Å². The van der Waals surface area contributed by atoms with E-state index in [1.165, 1.54) is 0 Å². The lowest BCUT2D eigenvalue weighted by atomic mass is 9.94. The van der Waals surface area contributed by atoms with Crippen LogP contribution < -0.4 is 5.32 Å². The van der Waals surface area contributed by atoms with Crippen molar-refractivity contribution in [3.05, 3.63) is 40.7 Å². The Morgan fingerprint density at radius 3 is 2.74 bits per heavy atom. The molecule has 2 atom stereocenters. The van der Waals surface area contributed by atoms with Crippen LogP contribution in [0.1, 0.15) is 42.4 Å². The first-order valence-corrected chi connectivity index (χ1v) is 9.29. The number of carbonyl (C=O) groups excluding carboxylic acids is 1.